The fourth-order valence-electron chi connectivity index (χ4n) is 2.88. The molecule has 0 aromatic heterocycles. The first kappa shape index (κ1) is 20.0. The molecule has 4 heteroatoms. The Morgan fingerprint density at radius 3 is 2.50 bits per heavy atom. The molecular formula is C22H29NO3. The molecule has 0 spiro atoms. The first-order valence-corrected chi connectivity index (χ1v) is 9.11. The number of nitrogens with one attached hydrogen (secondary N) is 1. The summed E-state index contributed by atoms with van der Waals surface area (Å²) in [6, 6.07) is 16.1. The number of hydrogen-bond donors (Lipinski definition) is 1. The molecular weight excluding hydrogens is 326 g/mol. The first-order valence-electron chi connectivity index (χ1n) is 9.11. The predicted molar refractivity (Wildman–Crippen MR) is 104 cm³/mol. The van der Waals surface area contributed by atoms with E-state index in [-0.39, 0.29) is 5.91 Å². The molecule has 26 heavy (non-hydrogen) atoms. The van der Waals surface area contributed by atoms with Crippen LogP contribution in [0.1, 0.15) is 43.9 Å². The molecule has 0 heterocycles. The molecule has 2 aromatic carbocycles. The zero-order valence-electron chi connectivity index (χ0n) is 16.2. The van der Waals surface area contributed by atoms with Gasteiger partial charge in [0.1, 0.15) is 18.0 Å². The van der Waals surface area contributed by atoms with Gasteiger partial charge in [-0.15, -0.1) is 0 Å². The SMILES string of the molecule is CCCOC(C)(CNC(C)=O)c1ccccc1COc1ccccc1C. The molecule has 1 amide bonds. The van der Waals surface area contributed by atoms with Crippen molar-refractivity contribution in [3.63, 3.8) is 0 Å². The van der Waals surface area contributed by atoms with Gasteiger partial charge in [-0.1, -0.05) is 49.4 Å². The second kappa shape index (κ2) is 9.39. The summed E-state index contributed by atoms with van der Waals surface area (Å²) in [5.41, 5.74) is 2.59. The van der Waals surface area contributed by atoms with Crippen molar-refractivity contribution in [2.45, 2.75) is 46.3 Å². The van der Waals surface area contributed by atoms with E-state index in [4.69, 9.17) is 9.47 Å². The maximum atomic E-state index is 11.4. The van der Waals surface area contributed by atoms with Gasteiger partial charge in [0.15, 0.2) is 0 Å². The number of ether oxygens (including phenoxy) is 2. The highest BCUT2D eigenvalue weighted by atomic mass is 16.5. The lowest BCUT2D eigenvalue weighted by Crippen LogP contribution is -2.41. The summed E-state index contributed by atoms with van der Waals surface area (Å²) in [5, 5.41) is 2.90. The van der Waals surface area contributed by atoms with Crippen molar-refractivity contribution < 1.29 is 14.3 Å². The van der Waals surface area contributed by atoms with E-state index in [1.54, 1.807) is 0 Å². The Kier molecular flexibility index (Phi) is 7.22. The van der Waals surface area contributed by atoms with Crippen LogP contribution in [-0.4, -0.2) is 19.1 Å². The summed E-state index contributed by atoms with van der Waals surface area (Å²) in [4.78, 5) is 11.4. The van der Waals surface area contributed by atoms with Crippen LogP contribution in [0.2, 0.25) is 0 Å². The van der Waals surface area contributed by atoms with Crippen LogP contribution in [0.3, 0.4) is 0 Å². The highest BCUT2D eigenvalue weighted by Crippen LogP contribution is 2.29. The van der Waals surface area contributed by atoms with E-state index in [2.05, 4.69) is 18.3 Å². The predicted octanol–water partition coefficient (Wildman–Crippen LogP) is 4.35. The molecule has 1 unspecified atom stereocenters. The fraction of sp³-hybridized carbons (Fsp3) is 0.409. The van der Waals surface area contributed by atoms with Crippen LogP contribution in [0.15, 0.2) is 48.5 Å². The normalized spacial score (nSPS) is 13.1. The molecule has 0 fully saturated rings. The number of rotatable bonds is 9. The number of hydrogen-bond acceptors (Lipinski definition) is 3. The number of amides is 1. The number of aryl methyl sites for hydroxylation is 1. The average molecular weight is 355 g/mol. The van der Waals surface area contributed by atoms with Gasteiger partial charge in [-0.05, 0) is 43.0 Å². The molecule has 0 aliphatic rings. The molecule has 2 aromatic rings. The van der Waals surface area contributed by atoms with Gasteiger partial charge in [-0.25, -0.2) is 0 Å². The molecule has 0 saturated carbocycles. The van der Waals surface area contributed by atoms with Crippen LogP contribution in [0, 0.1) is 6.92 Å². The van der Waals surface area contributed by atoms with Gasteiger partial charge in [-0.2, -0.15) is 0 Å². The zero-order chi connectivity index (χ0) is 19.0. The van der Waals surface area contributed by atoms with Gasteiger partial charge in [0.2, 0.25) is 5.91 Å². The van der Waals surface area contributed by atoms with E-state index < -0.39 is 5.60 Å². The van der Waals surface area contributed by atoms with Gasteiger partial charge in [-0.3, -0.25) is 4.79 Å². The molecule has 0 aliphatic heterocycles. The maximum Gasteiger partial charge on any atom is 0.216 e. The number of benzene rings is 2. The minimum Gasteiger partial charge on any atom is -0.489 e. The fourth-order valence-corrected chi connectivity index (χ4v) is 2.88. The Morgan fingerprint density at radius 1 is 1.12 bits per heavy atom. The van der Waals surface area contributed by atoms with Gasteiger partial charge in [0.05, 0.1) is 6.54 Å². The summed E-state index contributed by atoms with van der Waals surface area (Å²) in [7, 11) is 0. The molecule has 1 atom stereocenters. The molecule has 1 N–H and O–H groups in total. The topological polar surface area (TPSA) is 47.6 Å². The van der Waals surface area contributed by atoms with Crippen LogP contribution in [0.4, 0.5) is 0 Å². The molecule has 2 rings (SSSR count). The Morgan fingerprint density at radius 2 is 1.81 bits per heavy atom. The minimum absolute atomic E-state index is 0.0648. The maximum absolute atomic E-state index is 11.4. The lowest BCUT2D eigenvalue weighted by atomic mass is 9.91. The third-order valence-corrected chi connectivity index (χ3v) is 4.36. The van der Waals surface area contributed by atoms with Crippen molar-refractivity contribution in [2.75, 3.05) is 13.2 Å². The van der Waals surface area contributed by atoms with E-state index in [0.717, 1.165) is 28.9 Å². The Hall–Kier alpha value is -2.33. The summed E-state index contributed by atoms with van der Waals surface area (Å²) >= 11 is 0. The van der Waals surface area contributed by atoms with Crippen LogP contribution >= 0.6 is 0 Å². The van der Waals surface area contributed by atoms with E-state index in [1.165, 1.54) is 6.92 Å². The lowest BCUT2D eigenvalue weighted by molar-refractivity contribution is -0.121. The second-order valence-electron chi connectivity index (χ2n) is 6.70. The lowest BCUT2D eigenvalue weighted by Gasteiger charge is -2.32. The van der Waals surface area contributed by atoms with E-state index in [1.807, 2.05) is 56.3 Å². The van der Waals surface area contributed by atoms with Crippen molar-refractivity contribution in [1.82, 2.24) is 5.32 Å². The van der Waals surface area contributed by atoms with E-state index >= 15 is 0 Å². The summed E-state index contributed by atoms with van der Waals surface area (Å²) < 4.78 is 12.2. The number of carbonyl (C=O) groups excluding carboxylic acids is 1. The smallest absolute Gasteiger partial charge is 0.216 e. The van der Waals surface area contributed by atoms with Crippen molar-refractivity contribution in [2.24, 2.45) is 0 Å². The third-order valence-electron chi connectivity index (χ3n) is 4.36. The highest BCUT2D eigenvalue weighted by molar-refractivity contribution is 5.72. The quantitative estimate of drug-likeness (QED) is 0.727. The molecule has 4 nitrogen and oxygen atoms in total. The molecule has 140 valence electrons. The van der Waals surface area contributed by atoms with Crippen molar-refractivity contribution in [3.05, 3.63) is 65.2 Å². The van der Waals surface area contributed by atoms with Gasteiger partial charge in [0.25, 0.3) is 0 Å². The standard InChI is InChI=1S/C22H29NO3/c1-5-14-26-22(4,16-23-18(3)24)20-12-8-7-11-19(20)15-25-21-13-9-6-10-17(21)2/h6-13H,5,14-16H2,1-4H3,(H,23,24). The highest BCUT2D eigenvalue weighted by Gasteiger charge is 2.30. The second-order valence-corrected chi connectivity index (χ2v) is 6.70. The van der Waals surface area contributed by atoms with Gasteiger partial charge >= 0.3 is 0 Å². The summed E-state index contributed by atoms with van der Waals surface area (Å²) in [6.45, 7) is 9.15. The van der Waals surface area contributed by atoms with Crippen LogP contribution in [-0.2, 0) is 21.7 Å². The first-order chi connectivity index (χ1) is 12.5. The summed E-state index contributed by atoms with van der Waals surface area (Å²) in [6.07, 6.45) is 0.914. The van der Waals surface area contributed by atoms with Crippen LogP contribution < -0.4 is 10.1 Å². The summed E-state index contributed by atoms with van der Waals surface area (Å²) in [5.74, 6) is 0.810. The largest absolute Gasteiger partial charge is 0.489 e. The Bertz CT molecular complexity index is 729. The van der Waals surface area contributed by atoms with Gasteiger partial charge < -0.3 is 14.8 Å². The van der Waals surface area contributed by atoms with Crippen molar-refractivity contribution in [1.29, 1.82) is 0 Å². The van der Waals surface area contributed by atoms with Gasteiger partial charge in [0, 0.05) is 13.5 Å². The number of para-hydroxylation sites is 1. The number of carbonyl (C=O) groups is 1. The zero-order valence-corrected chi connectivity index (χ0v) is 16.2. The van der Waals surface area contributed by atoms with E-state index in [9.17, 15) is 4.79 Å². The van der Waals surface area contributed by atoms with Crippen LogP contribution in [0.5, 0.6) is 5.75 Å². The van der Waals surface area contributed by atoms with Crippen molar-refractivity contribution >= 4 is 5.91 Å². The van der Waals surface area contributed by atoms with Crippen molar-refractivity contribution in [3.8, 4) is 5.75 Å². The average Bonchev–Trinajstić information content (AvgIpc) is 2.64. The molecule has 0 radical (unpaired) electrons. The molecule has 0 saturated heterocycles. The molecule has 0 aliphatic carbocycles. The third kappa shape index (κ3) is 5.33. The Balaban J connectivity index is 2.25. The molecule has 0 bridgehead atoms. The van der Waals surface area contributed by atoms with Crippen LogP contribution in [0.25, 0.3) is 0 Å². The minimum atomic E-state index is -0.604. The van der Waals surface area contributed by atoms with E-state index in [0.29, 0.717) is 19.8 Å². The monoisotopic (exact) mass is 355 g/mol. The Labute approximate surface area is 156 Å².